The third-order valence-corrected chi connectivity index (χ3v) is 8.13. The van der Waals surface area contributed by atoms with Gasteiger partial charge in [-0.25, -0.2) is 0 Å². The molecule has 0 amide bonds. The molecule has 0 saturated carbocycles. The highest BCUT2D eigenvalue weighted by molar-refractivity contribution is 7.15. The molecule has 4 aromatic rings. The molecule has 0 fully saturated rings. The van der Waals surface area contributed by atoms with Gasteiger partial charge in [-0.05, 0) is 56.0 Å². The second-order valence-corrected chi connectivity index (χ2v) is 10.3. The van der Waals surface area contributed by atoms with Gasteiger partial charge < -0.3 is 10.2 Å². The lowest BCUT2D eigenvalue weighted by Gasteiger charge is -2.19. The highest BCUT2D eigenvalue weighted by Gasteiger charge is 2.37. The number of nitriles is 1. The lowest BCUT2D eigenvalue weighted by Crippen LogP contribution is -2.23. The zero-order valence-electron chi connectivity index (χ0n) is 20.9. The van der Waals surface area contributed by atoms with Crippen LogP contribution in [-0.4, -0.2) is 36.7 Å². The molecule has 5 rings (SSSR count). The number of carboxylic acid groups (broad SMARTS) is 1. The number of carbonyl (C=O) groups is 1. The van der Waals surface area contributed by atoms with Crippen LogP contribution < -0.4 is 0 Å². The summed E-state index contributed by atoms with van der Waals surface area (Å²) in [5, 5.41) is 38.8. The third-order valence-electron chi connectivity index (χ3n) is 6.94. The molecule has 2 aromatic heterocycles. The van der Waals surface area contributed by atoms with Crippen LogP contribution in [0.1, 0.15) is 58.2 Å². The monoisotopic (exact) mass is 511 g/mol. The zero-order chi connectivity index (χ0) is 26.4. The highest BCUT2D eigenvalue weighted by Crippen LogP contribution is 2.41. The first-order valence-electron chi connectivity index (χ1n) is 11.9. The first-order chi connectivity index (χ1) is 17.7. The van der Waals surface area contributed by atoms with Crippen LogP contribution in [0.5, 0.6) is 5.75 Å². The summed E-state index contributed by atoms with van der Waals surface area (Å²) >= 11 is 1.63. The molecule has 1 aliphatic heterocycles. The Morgan fingerprint density at radius 3 is 2.43 bits per heavy atom. The summed E-state index contributed by atoms with van der Waals surface area (Å²) in [6.45, 7) is 7.84. The molecule has 0 radical (unpaired) electrons. The summed E-state index contributed by atoms with van der Waals surface area (Å²) in [4.78, 5) is 18.5. The molecule has 0 aliphatic carbocycles. The molecule has 0 spiro atoms. The van der Waals surface area contributed by atoms with Gasteiger partial charge in [0.15, 0.2) is 5.82 Å². The van der Waals surface area contributed by atoms with Crippen molar-refractivity contribution in [3.63, 3.8) is 0 Å². The number of hydrogen-bond acceptors (Lipinski definition) is 7. The molecule has 2 aromatic carbocycles. The first kappa shape index (κ1) is 24.4. The van der Waals surface area contributed by atoms with E-state index in [2.05, 4.69) is 24.0 Å². The van der Waals surface area contributed by atoms with Crippen LogP contribution in [0.4, 0.5) is 0 Å². The Labute approximate surface area is 218 Å². The van der Waals surface area contributed by atoms with E-state index in [0.717, 1.165) is 43.4 Å². The van der Waals surface area contributed by atoms with Crippen LogP contribution in [-0.2, 0) is 4.79 Å². The molecule has 2 N–H and O–H groups in total. The quantitative estimate of drug-likeness (QED) is 0.364. The van der Waals surface area contributed by atoms with E-state index < -0.39 is 17.9 Å². The van der Waals surface area contributed by atoms with Crippen LogP contribution in [0.3, 0.4) is 0 Å². The topological polar surface area (TPSA) is 124 Å². The number of carboxylic acids is 1. The number of aliphatic imine (C=N–C) groups is 1. The Balaban J connectivity index is 1.70. The number of fused-ring (bicyclic) bond motifs is 3. The lowest BCUT2D eigenvalue weighted by molar-refractivity contribution is -0.142. The van der Waals surface area contributed by atoms with Crippen molar-refractivity contribution in [1.29, 1.82) is 5.26 Å². The number of phenolic OH excluding ortho intramolecular Hbond substituents is 1. The molecule has 1 unspecified atom stereocenters. The molecule has 186 valence electrons. The molecule has 0 bridgehead atoms. The maximum absolute atomic E-state index is 12.2. The van der Waals surface area contributed by atoms with E-state index in [1.165, 1.54) is 6.07 Å². The van der Waals surface area contributed by atoms with Gasteiger partial charge in [0.2, 0.25) is 0 Å². The van der Waals surface area contributed by atoms with Gasteiger partial charge >= 0.3 is 5.97 Å². The molecule has 37 heavy (non-hydrogen) atoms. The van der Waals surface area contributed by atoms with E-state index in [1.54, 1.807) is 23.5 Å². The number of aryl methyl sites for hydroxylation is 2. The molecular weight excluding hydrogens is 486 g/mol. The summed E-state index contributed by atoms with van der Waals surface area (Å²) in [5.41, 5.74) is 5.53. The fraction of sp³-hybridized carbons (Fsp3) is 0.250. The molecule has 8 nitrogen and oxygen atoms in total. The number of rotatable bonds is 5. The highest BCUT2D eigenvalue weighted by atomic mass is 32.1. The molecule has 0 saturated heterocycles. The maximum Gasteiger partial charge on any atom is 0.309 e. The number of thiophene rings is 1. The first-order valence-corrected chi connectivity index (χ1v) is 12.7. The predicted octanol–water partition coefficient (Wildman–Crippen LogP) is 5.50. The molecule has 3 heterocycles. The van der Waals surface area contributed by atoms with Crippen molar-refractivity contribution in [2.75, 3.05) is 0 Å². The second kappa shape index (κ2) is 9.30. The molecule has 1 aliphatic rings. The average molecular weight is 512 g/mol. The van der Waals surface area contributed by atoms with Crippen molar-refractivity contribution in [1.82, 2.24) is 14.8 Å². The van der Waals surface area contributed by atoms with E-state index in [4.69, 9.17) is 4.99 Å². The Morgan fingerprint density at radius 1 is 1.11 bits per heavy atom. The van der Waals surface area contributed by atoms with Gasteiger partial charge in [-0.2, -0.15) is 5.26 Å². The SMILES string of the molecule is CCC(C(=O)O)[C@@H]1N=C(c2ccc(-c3ccc(O)c(C#N)c3)cc2)c2c(sc(C)c2C)-n2c(C)nnc21. The van der Waals surface area contributed by atoms with Gasteiger partial charge in [0.05, 0.1) is 17.2 Å². The van der Waals surface area contributed by atoms with Gasteiger partial charge in [0, 0.05) is 16.0 Å². The summed E-state index contributed by atoms with van der Waals surface area (Å²) in [6, 6.07) is 14.0. The largest absolute Gasteiger partial charge is 0.507 e. The summed E-state index contributed by atoms with van der Waals surface area (Å²) in [5.74, 6) is -0.502. The number of aromatic hydroxyl groups is 1. The summed E-state index contributed by atoms with van der Waals surface area (Å²) < 4.78 is 1.96. The fourth-order valence-electron chi connectivity index (χ4n) is 4.78. The van der Waals surface area contributed by atoms with E-state index >= 15 is 0 Å². The standard InChI is InChI=1S/C28H25N5O3S/c1-5-21(28(35)36)25-26-32-31-16(4)33(26)27-23(14(2)15(3)37-27)24(30-25)18-8-6-17(7-9-18)19-10-11-22(34)20(12-19)13-29/h6-12,21,25,34H,5H2,1-4H3,(H,35,36)/t21?,25-/m0/s1. The maximum atomic E-state index is 12.2. The number of phenols is 1. The Morgan fingerprint density at radius 2 is 1.78 bits per heavy atom. The van der Waals surface area contributed by atoms with Crippen LogP contribution in [0.15, 0.2) is 47.5 Å². The van der Waals surface area contributed by atoms with Crippen molar-refractivity contribution in [2.45, 2.75) is 40.2 Å². The van der Waals surface area contributed by atoms with E-state index in [-0.39, 0.29) is 11.3 Å². The minimum absolute atomic E-state index is 0.0521. The lowest BCUT2D eigenvalue weighted by atomic mass is 9.94. The number of hydrogen-bond donors (Lipinski definition) is 2. The van der Waals surface area contributed by atoms with Crippen LogP contribution in [0, 0.1) is 38.0 Å². The normalized spacial score (nSPS) is 15.2. The zero-order valence-corrected chi connectivity index (χ0v) is 21.7. The van der Waals surface area contributed by atoms with E-state index in [9.17, 15) is 20.3 Å². The minimum atomic E-state index is -0.920. The van der Waals surface area contributed by atoms with Gasteiger partial charge in [0.25, 0.3) is 0 Å². The van der Waals surface area contributed by atoms with Crippen molar-refractivity contribution in [3.05, 3.63) is 81.2 Å². The van der Waals surface area contributed by atoms with Crippen molar-refractivity contribution in [3.8, 4) is 27.9 Å². The van der Waals surface area contributed by atoms with E-state index in [1.807, 2.05) is 48.7 Å². The van der Waals surface area contributed by atoms with Gasteiger partial charge in [-0.15, -0.1) is 21.5 Å². The summed E-state index contributed by atoms with van der Waals surface area (Å²) in [6.07, 6.45) is 0.398. The molecular formula is C28H25N5O3S. The van der Waals surface area contributed by atoms with Gasteiger partial charge in [-0.3, -0.25) is 14.4 Å². The molecule has 9 heteroatoms. The fourth-order valence-corrected chi connectivity index (χ4v) is 5.99. The van der Waals surface area contributed by atoms with Gasteiger partial charge in [-0.1, -0.05) is 37.3 Å². The molecule has 2 atom stereocenters. The number of aliphatic carboxylic acids is 1. The smallest absolute Gasteiger partial charge is 0.309 e. The third kappa shape index (κ3) is 3.99. The summed E-state index contributed by atoms with van der Waals surface area (Å²) in [7, 11) is 0. The van der Waals surface area contributed by atoms with Crippen LogP contribution in [0.25, 0.3) is 16.1 Å². The Kier molecular flexibility index (Phi) is 6.13. The Bertz CT molecular complexity index is 1610. The Hall–Kier alpha value is -4.29. The number of nitrogens with zero attached hydrogens (tertiary/aromatic N) is 5. The number of aromatic nitrogens is 3. The average Bonchev–Trinajstić information content (AvgIpc) is 3.36. The van der Waals surface area contributed by atoms with E-state index in [0.29, 0.717) is 18.1 Å². The van der Waals surface area contributed by atoms with Crippen molar-refractivity contribution in [2.24, 2.45) is 10.9 Å². The van der Waals surface area contributed by atoms with Gasteiger partial charge in [0.1, 0.15) is 28.7 Å². The minimum Gasteiger partial charge on any atom is -0.507 e. The van der Waals surface area contributed by atoms with Crippen molar-refractivity contribution < 1.29 is 15.0 Å². The number of benzene rings is 2. The van der Waals surface area contributed by atoms with Crippen molar-refractivity contribution >= 4 is 23.0 Å². The second-order valence-electron chi connectivity index (χ2n) is 9.10. The van der Waals surface area contributed by atoms with Crippen LogP contribution in [0.2, 0.25) is 0 Å². The van der Waals surface area contributed by atoms with Crippen LogP contribution >= 0.6 is 11.3 Å². The predicted molar refractivity (Wildman–Crippen MR) is 142 cm³/mol.